The number of hydrogen-bond donors (Lipinski definition) is 0. The first-order chi connectivity index (χ1) is 21.3. The van der Waals surface area contributed by atoms with Crippen molar-refractivity contribution in [1.82, 2.24) is 30.0 Å². The van der Waals surface area contributed by atoms with Crippen LogP contribution in [0.3, 0.4) is 0 Å². The van der Waals surface area contributed by atoms with Crippen LogP contribution < -0.4 is 9.80 Å². The van der Waals surface area contributed by atoms with Gasteiger partial charge < -0.3 is 19.4 Å². The quantitative estimate of drug-likeness (QED) is 0.270. The highest BCUT2D eigenvalue weighted by Crippen LogP contribution is 2.30. The van der Waals surface area contributed by atoms with Crippen LogP contribution in [0.4, 0.5) is 11.4 Å². The van der Waals surface area contributed by atoms with Crippen LogP contribution in [-0.4, -0.2) is 104 Å². The number of anilines is 2. The van der Waals surface area contributed by atoms with Gasteiger partial charge in [-0.05, 0) is 80.9 Å². The van der Waals surface area contributed by atoms with Crippen molar-refractivity contribution in [3.05, 3.63) is 59.4 Å². The van der Waals surface area contributed by atoms with E-state index in [0.29, 0.717) is 35.5 Å². The molecule has 3 heterocycles. The minimum atomic E-state index is -1.05. The number of carbonyl (C=O) groups excluding carboxylic acids is 4. The Kier molecular flexibility index (Phi) is 9.21. The minimum absolute atomic E-state index is 0.0271. The Morgan fingerprint density at radius 3 is 2.27 bits per heavy atom. The number of carbonyl (C=O) groups is 4. The highest BCUT2D eigenvalue weighted by Gasteiger charge is 2.42. The van der Waals surface area contributed by atoms with Crippen LogP contribution in [0.5, 0.6) is 0 Å². The maximum Gasteiger partial charge on any atom is 0.329 e. The summed E-state index contributed by atoms with van der Waals surface area (Å²) in [5.41, 5.74) is 1.53. The summed E-state index contributed by atoms with van der Waals surface area (Å²) >= 11 is 6.26. The predicted octanol–water partition coefficient (Wildman–Crippen LogP) is 2.50. The maximum absolute atomic E-state index is 13.7. The monoisotopic (exact) mass is 636 g/mol. The van der Waals surface area contributed by atoms with E-state index in [-0.39, 0.29) is 25.4 Å². The van der Waals surface area contributed by atoms with Crippen LogP contribution >= 0.6 is 11.6 Å². The molecule has 238 valence electrons. The zero-order valence-electron chi connectivity index (χ0n) is 26.0. The Hall–Kier alpha value is -4.36. The number of nitrogens with zero attached hydrogens (tertiary/aromatic N) is 8. The molecule has 2 fully saturated rings. The third-order valence-electron chi connectivity index (χ3n) is 7.79. The molecule has 2 saturated heterocycles. The van der Waals surface area contributed by atoms with E-state index < -0.39 is 29.4 Å². The van der Waals surface area contributed by atoms with Gasteiger partial charge in [-0.2, -0.15) is 4.68 Å². The van der Waals surface area contributed by atoms with E-state index in [9.17, 15) is 19.2 Å². The van der Waals surface area contributed by atoms with Crippen molar-refractivity contribution in [2.24, 2.45) is 0 Å². The van der Waals surface area contributed by atoms with Gasteiger partial charge in [0.25, 0.3) is 0 Å². The lowest BCUT2D eigenvalue weighted by molar-refractivity contribution is -0.166. The number of piperazine rings is 2. The average Bonchev–Trinajstić information content (AvgIpc) is 3.52. The molecule has 1 aromatic heterocycles. The van der Waals surface area contributed by atoms with Gasteiger partial charge in [-0.25, -0.2) is 4.79 Å². The van der Waals surface area contributed by atoms with Crippen molar-refractivity contribution in [3.8, 4) is 5.69 Å². The number of amides is 3. The maximum atomic E-state index is 13.7. The molecule has 0 aliphatic carbocycles. The van der Waals surface area contributed by atoms with Crippen LogP contribution in [-0.2, 0) is 30.3 Å². The third-order valence-corrected chi connectivity index (χ3v) is 8.03. The molecule has 5 rings (SSSR count). The van der Waals surface area contributed by atoms with Crippen molar-refractivity contribution < 1.29 is 23.9 Å². The van der Waals surface area contributed by atoms with Crippen molar-refractivity contribution in [2.45, 2.75) is 58.7 Å². The normalized spacial score (nSPS) is 17.3. The van der Waals surface area contributed by atoms with E-state index in [1.807, 2.05) is 24.3 Å². The second-order valence-corrected chi connectivity index (χ2v) is 12.8. The SMILES string of the molecule is CC(C)N1CCN(c2ccc(C[C@@H](C(=O)OC(C)(C)C)N3CCN(c4cc(Cl)ccc4-n4cnnn4)C(=O)C3=O)cc2)C(=O)C1. The van der Waals surface area contributed by atoms with Gasteiger partial charge in [-0.1, -0.05) is 23.7 Å². The lowest BCUT2D eigenvalue weighted by atomic mass is 10.0. The van der Waals surface area contributed by atoms with Gasteiger partial charge in [0.1, 0.15) is 18.0 Å². The van der Waals surface area contributed by atoms with Crippen LogP contribution in [0.2, 0.25) is 5.02 Å². The Morgan fingerprint density at radius 1 is 0.933 bits per heavy atom. The first-order valence-corrected chi connectivity index (χ1v) is 15.2. The molecule has 0 spiro atoms. The zero-order valence-corrected chi connectivity index (χ0v) is 26.8. The van der Waals surface area contributed by atoms with Crippen molar-refractivity contribution >= 4 is 46.7 Å². The van der Waals surface area contributed by atoms with E-state index in [2.05, 4.69) is 34.3 Å². The van der Waals surface area contributed by atoms with Crippen molar-refractivity contribution in [2.75, 3.05) is 42.5 Å². The van der Waals surface area contributed by atoms with E-state index in [1.54, 1.807) is 43.9 Å². The Balaban J connectivity index is 1.37. The summed E-state index contributed by atoms with van der Waals surface area (Å²) in [6.45, 7) is 11.3. The fourth-order valence-electron chi connectivity index (χ4n) is 5.49. The van der Waals surface area contributed by atoms with Crippen molar-refractivity contribution in [1.29, 1.82) is 0 Å². The van der Waals surface area contributed by atoms with E-state index in [0.717, 1.165) is 17.8 Å². The summed E-state index contributed by atoms with van der Waals surface area (Å²) in [7, 11) is 0. The molecule has 0 unspecified atom stereocenters. The number of halogens is 1. The van der Waals surface area contributed by atoms with Crippen LogP contribution in [0, 0.1) is 0 Å². The average molecular weight is 637 g/mol. The topological polar surface area (TPSA) is 134 Å². The fraction of sp³-hybridized carbons (Fsp3) is 0.452. The molecular formula is C31H37ClN8O5. The Labute approximate surface area is 266 Å². The van der Waals surface area contributed by atoms with E-state index in [4.69, 9.17) is 16.3 Å². The van der Waals surface area contributed by atoms with Gasteiger partial charge in [0.2, 0.25) is 5.91 Å². The smallest absolute Gasteiger partial charge is 0.329 e. The van der Waals surface area contributed by atoms with E-state index >= 15 is 0 Å². The molecule has 2 aliphatic heterocycles. The molecule has 3 aromatic rings. The number of tetrazole rings is 1. The molecule has 0 N–H and O–H groups in total. The largest absolute Gasteiger partial charge is 0.458 e. The lowest BCUT2D eigenvalue weighted by Crippen LogP contribution is -2.60. The molecule has 0 radical (unpaired) electrons. The standard InChI is InChI=1S/C31H37ClN8O5/c1-20(2)36-12-13-37(27(41)18-36)23-9-6-21(7-10-23)16-26(30(44)45-31(3,4)5)39-15-14-38(28(42)29(39)43)25-17-22(32)8-11-24(25)40-19-33-34-35-40/h6-11,17,19-20,26H,12-16,18H2,1-5H3/t26-/m0/s1. The highest BCUT2D eigenvalue weighted by molar-refractivity contribution is 6.41. The van der Waals surface area contributed by atoms with E-state index in [1.165, 1.54) is 20.8 Å². The van der Waals surface area contributed by atoms with Crippen LogP contribution in [0.1, 0.15) is 40.2 Å². The number of rotatable bonds is 8. The van der Waals surface area contributed by atoms with Gasteiger partial charge >= 0.3 is 17.8 Å². The number of ether oxygens (including phenoxy) is 1. The molecule has 3 amide bonds. The Morgan fingerprint density at radius 2 is 1.64 bits per heavy atom. The van der Waals surface area contributed by atoms with Gasteiger partial charge in [-0.3, -0.25) is 19.3 Å². The first-order valence-electron chi connectivity index (χ1n) is 14.8. The lowest BCUT2D eigenvalue weighted by Gasteiger charge is -2.38. The molecule has 0 bridgehead atoms. The number of aromatic nitrogens is 4. The number of benzene rings is 2. The zero-order chi connectivity index (χ0) is 32.5. The molecule has 2 aromatic carbocycles. The summed E-state index contributed by atoms with van der Waals surface area (Å²) in [4.78, 5) is 60.1. The number of esters is 1. The number of hydrogen-bond acceptors (Lipinski definition) is 9. The summed E-state index contributed by atoms with van der Waals surface area (Å²) in [6.07, 6.45) is 1.50. The molecule has 13 nitrogen and oxygen atoms in total. The molecular weight excluding hydrogens is 600 g/mol. The van der Waals surface area contributed by atoms with Gasteiger partial charge in [-0.15, -0.1) is 5.10 Å². The minimum Gasteiger partial charge on any atom is -0.458 e. The predicted molar refractivity (Wildman–Crippen MR) is 167 cm³/mol. The van der Waals surface area contributed by atoms with Crippen LogP contribution in [0.25, 0.3) is 5.69 Å². The van der Waals surface area contributed by atoms with Gasteiger partial charge in [0.15, 0.2) is 0 Å². The summed E-state index contributed by atoms with van der Waals surface area (Å²) in [5.74, 6) is -2.25. The second kappa shape index (κ2) is 12.9. The third kappa shape index (κ3) is 7.15. The Bertz CT molecular complexity index is 1570. The molecule has 14 heteroatoms. The summed E-state index contributed by atoms with van der Waals surface area (Å²) in [6, 6.07) is 11.5. The molecule has 2 aliphatic rings. The summed E-state index contributed by atoms with van der Waals surface area (Å²) in [5, 5.41) is 11.6. The van der Waals surface area contributed by atoms with Crippen molar-refractivity contribution in [3.63, 3.8) is 0 Å². The molecule has 1 atom stereocenters. The molecule has 0 saturated carbocycles. The van der Waals surface area contributed by atoms with Gasteiger partial charge in [0.05, 0.1) is 17.9 Å². The fourth-order valence-corrected chi connectivity index (χ4v) is 5.65. The van der Waals surface area contributed by atoms with Crippen LogP contribution in [0.15, 0.2) is 48.8 Å². The second-order valence-electron chi connectivity index (χ2n) is 12.4. The first kappa shape index (κ1) is 32.0. The highest BCUT2D eigenvalue weighted by atomic mass is 35.5. The van der Waals surface area contributed by atoms with Gasteiger partial charge in [0, 0.05) is 49.4 Å². The molecule has 45 heavy (non-hydrogen) atoms. The summed E-state index contributed by atoms with van der Waals surface area (Å²) < 4.78 is 7.08.